The van der Waals surface area contributed by atoms with Gasteiger partial charge in [-0.2, -0.15) is 0 Å². The van der Waals surface area contributed by atoms with Gasteiger partial charge in [-0.15, -0.1) is 0 Å². The number of ether oxygens (including phenoxy) is 1. The summed E-state index contributed by atoms with van der Waals surface area (Å²) in [6.45, 7) is 4.04. The number of oxime groups is 1. The van der Waals surface area contributed by atoms with Crippen LogP contribution < -0.4 is 10.5 Å². The summed E-state index contributed by atoms with van der Waals surface area (Å²) in [6, 6.07) is 8.35. The van der Waals surface area contributed by atoms with Crippen molar-refractivity contribution in [2.75, 3.05) is 6.61 Å². The average Bonchev–Trinajstić information content (AvgIpc) is 2.36. The Balaban J connectivity index is 2.38. The number of nitrogens with zero attached hydrogens (tertiary/aromatic N) is 1. The Hall–Kier alpha value is -2.30. The first-order valence-corrected chi connectivity index (χ1v) is 5.58. The van der Waals surface area contributed by atoms with Crippen LogP contribution in [0.2, 0.25) is 0 Å². The maximum atomic E-state index is 11.3. The minimum Gasteiger partial charge on any atom is -0.479 e. The third kappa shape index (κ3) is 2.68. The van der Waals surface area contributed by atoms with Crippen molar-refractivity contribution in [1.82, 2.24) is 0 Å². The zero-order chi connectivity index (χ0) is 13.0. The summed E-state index contributed by atoms with van der Waals surface area (Å²) in [5.74, 6) is 0.746. The molecule has 94 valence electrons. The van der Waals surface area contributed by atoms with Crippen LogP contribution in [0.1, 0.15) is 13.8 Å². The predicted molar refractivity (Wildman–Crippen MR) is 67.8 cm³/mol. The van der Waals surface area contributed by atoms with E-state index < -0.39 is 5.63 Å². The van der Waals surface area contributed by atoms with E-state index in [1.807, 2.05) is 13.0 Å². The molecule has 0 atom stereocenters. The molecule has 0 aliphatic carbocycles. The second-order valence-electron chi connectivity index (χ2n) is 3.56. The number of rotatable bonds is 3. The van der Waals surface area contributed by atoms with E-state index in [1.54, 1.807) is 25.1 Å². The highest BCUT2D eigenvalue weighted by atomic mass is 16.6. The molecule has 1 heterocycles. The molecule has 0 saturated carbocycles. The molecule has 1 aromatic heterocycles. The molecule has 0 aliphatic rings. The highest BCUT2D eigenvalue weighted by Gasteiger charge is 2.06. The van der Waals surface area contributed by atoms with Gasteiger partial charge in [-0.1, -0.05) is 12.1 Å². The molecule has 2 aromatic rings. The summed E-state index contributed by atoms with van der Waals surface area (Å²) in [7, 11) is 0. The lowest BCUT2D eigenvalue weighted by molar-refractivity contribution is 0.276. The quantitative estimate of drug-likeness (QED) is 0.362. The molecule has 5 nitrogen and oxygen atoms in total. The number of hydrogen-bond donors (Lipinski definition) is 0. The van der Waals surface area contributed by atoms with E-state index in [9.17, 15) is 4.79 Å². The molecule has 18 heavy (non-hydrogen) atoms. The van der Waals surface area contributed by atoms with Crippen LogP contribution in [0.25, 0.3) is 11.0 Å². The topological polar surface area (TPSA) is 61.0 Å². The molecule has 0 aliphatic heterocycles. The van der Waals surface area contributed by atoms with Crippen LogP contribution in [0.5, 0.6) is 5.75 Å². The molecule has 0 N–H and O–H groups in total. The Labute approximate surface area is 104 Å². The van der Waals surface area contributed by atoms with Crippen molar-refractivity contribution in [2.24, 2.45) is 5.16 Å². The molecule has 0 bridgehead atoms. The van der Waals surface area contributed by atoms with Crippen molar-refractivity contribution >= 4 is 16.9 Å². The van der Waals surface area contributed by atoms with Crippen LogP contribution in [-0.4, -0.2) is 12.5 Å². The van der Waals surface area contributed by atoms with Crippen LogP contribution in [0, 0.1) is 0 Å². The van der Waals surface area contributed by atoms with Gasteiger partial charge < -0.3 is 14.0 Å². The second-order valence-corrected chi connectivity index (χ2v) is 3.56. The summed E-state index contributed by atoms with van der Waals surface area (Å²) >= 11 is 0. The van der Waals surface area contributed by atoms with E-state index in [0.29, 0.717) is 29.2 Å². The van der Waals surface area contributed by atoms with Crippen LogP contribution >= 0.6 is 0 Å². The minimum atomic E-state index is -0.479. The largest absolute Gasteiger partial charge is 0.479 e. The standard InChI is InChI=1S/C13H13NO4/c1-3-16-9(2)14-18-12-8-13(15)17-11-7-5-4-6-10(11)12/h4-8H,3H2,1-2H3/b14-9+. The Bertz CT molecular complexity index is 630. The van der Waals surface area contributed by atoms with E-state index in [4.69, 9.17) is 14.0 Å². The zero-order valence-corrected chi connectivity index (χ0v) is 10.2. The van der Waals surface area contributed by atoms with Gasteiger partial charge in [-0.05, 0) is 24.2 Å². The molecule has 0 amide bonds. The first kappa shape index (κ1) is 12.2. The number of fused-ring (bicyclic) bond motifs is 1. The zero-order valence-electron chi connectivity index (χ0n) is 10.2. The van der Waals surface area contributed by atoms with Gasteiger partial charge in [0.25, 0.3) is 0 Å². The van der Waals surface area contributed by atoms with Crippen LogP contribution in [0.4, 0.5) is 0 Å². The van der Waals surface area contributed by atoms with Gasteiger partial charge in [-0.25, -0.2) is 4.79 Å². The summed E-state index contributed by atoms with van der Waals surface area (Å²) in [5.41, 5.74) is -0.0165. The molecule has 0 unspecified atom stereocenters. The van der Waals surface area contributed by atoms with Crippen molar-refractivity contribution in [2.45, 2.75) is 13.8 Å². The third-order valence-electron chi connectivity index (χ3n) is 2.24. The average molecular weight is 247 g/mol. The van der Waals surface area contributed by atoms with Gasteiger partial charge in [0.1, 0.15) is 5.58 Å². The molecule has 0 radical (unpaired) electrons. The third-order valence-corrected chi connectivity index (χ3v) is 2.24. The number of benzene rings is 1. The molecular formula is C13H13NO4. The molecule has 5 heteroatoms. The van der Waals surface area contributed by atoms with Crippen molar-refractivity contribution in [3.8, 4) is 5.75 Å². The fourth-order valence-electron chi connectivity index (χ4n) is 1.51. The number of hydrogen-bond acceptors (Lipinski definition) is 5. The van der Waals surface area contributed by atoms with Crippen molar-refractivity contribution in [1.29, 1.82) is 0 Å². The van der Waals surface area contributed by atoms with Crippen LogP contribution in [0.15, 0.2) is 44.7 Å². The van der Waals surface area contributed by atoms with E-state index in [-0.39, 0.29) is 0 Å². The van der Waals surface area contributed by atoms with Gasteiger partial charge in [0.15, 0.2) is 5.75 Å². The highest BCUT2D eigenvalue weighted by Crippen LogP contribution is 2.23. The van der Waals surface area contributed by atoms with Gasteiger partial charge >= 0.3 is 5.63 Å². The van der Waals surface area contributed by atoms with Gasteiger partial charge in [0, 0.05) is 6.92 Å². The monoisotopic (exact) mass is 247 g/mol. The van der Waals surface area contributed by atoms with Gasteiger partial charge in [-0.3, -0.25) is 0 Å². The van der Waals surface area contributed by atoms with Crippen molar-refractivity contribution < 1.29 is 14.0 Å². The smallest absolute Gasteiger partial charge is 0.340 e. The molecule has 1 aromatic carbocycles. The maximum Gasteiger partial charge on any atom is 0.340 e. The van der Waals surface area contributed by atoms with E-state index in [0.717, 1.165) is 0 Å². The Morgan fingerprint density at radius 2 is 2.17 bits per heavy atom. The lowest BCUT2D eigenvalue weighted by Crippen LogP contribution is -2.03. The summed E-state index contributed by atoms with van der Waals surface area (Å²) in [6.07, 6.45) is 0. The van der Waals surface area contributed by atoms with Crippen molar-refractivity contribution in [3.05, 3.63) is 40.8 Å². The SMILES string of the molecule is CCO/C(C)=N/Oc1cc(=O)oc2ccccc12. The van der Waals surface area contributed by atoms with Gasteiger partial charge in [0.05, 0.1) is 18.1 Å². The molecule has 0 saturated heterocycles. The van der Waals surface area contributed by atoms with Crippen molar-refractivity contribution in [3.63, 3.8) is 0 Å². The fraction of sp³-hybridized carbons (Fsp3) is 0.231. The molecule has 2 rings (SSSR count). The minimum absolute atomic E-state index is 0.348. The number of para-hydroxylation sites is 1. The summed E-state index contributed by atoms with van der Waals surface area (Å²) < 4.78 is 10.2. The van der Waals surface area contributed by atoms with E-state index in [1.165, 1.54) is 6.07 Å². The first-order valence-electron chi connectivity index (χ1n) is 5.58. The lowest BCUT2D eigenvalue weighted by atomic mass is 10.2. The van der Waals surface area contributed by atoms with E-state index >= 15 is 0 Å². The summed E-state index contributed by atoms with van der Waals surface area (Å²) in [4.78, 5) is 16.6. The Morgan fingerprint density at radius 1 is 1.39 bits per heavy atom. The highest BCUT2D eigenvalue weighted by molar-refractivity contribution is 5.83. The normalized spacial score (nSPS) is 11.6. The van der Waals surface area contributed by atoms with Crippen LogP contribution in [0.3, 0.4) is 0 Å². The fourth-order valence-corrected chi connectivity index (χ4v) is 1.51. The van der Waals surface area contributed by atoms with Crippen LogP contribution in [-0.2, 0) is 4.74 Å². The summed E-state index contributed by atoms with van der Waals surface area (Å²) in [5, 5.41) is 4.47. The van der Waals surface area contributed by atoms with E-state index in [2.05, 4.69) is 5.16 Å². The Morgan fingerprint density at radius 3 is 2.94 bits per heavy atom. The molecule has 0 fully saturated rings. The molecular weight excluding hydrogens is 234 g/mol. The van der Waals surface area contributed by atoms with Gasteiger partial charge in [0.2, 0.25) is 5.90 Å². The Kier molecular flexibility index (Phi) is 3.62. The maximum absolute atomic E-state index is 11.3. The molecule has 0 spiro atoms. The predicted octanol–water partition coefficient (Wildman–Crippen LogP) is 2.54. The lowest BCUT2D eigenvalue weighted by Gasteiger charge is -2.04. The second kappa shape index (κ2) is 5.35. The first-order chi connectivity index (χ1) is 8.70.